The van der Waals surface area contributed by atoms with Crippen molar-refractivity contribution in [2.24, 2.45) is 0 Å². The van der Waals surface area contributed by atoms with Crippen molar-refractivity contribution in [2.75, 3.05) is 19.0 Å². The van der Waals surface area contributed by atoms with Crippen LogP contribution < -0.4 is 15.4 Å². The first kappa shape index (κ1) is 15.4. The molecule has 0 spiro atoms. The Kier molecular flexibility index (Phi) is 5.60. The van der Waals surface area contributed by atoms with Gasteiger partial charge in [-0.1, -0.05) is 41.9 Å². The van der Waals surface area contributed by atoms with Crippen molar-refractivity contribution < 1.29 is 9.53 Å². The van der Waals surface area contributed by atoms with Crippen LogP contribution in [0.15, 0.2) is 48.5 Å². The van der Waals surface area contributed by atoms with Crippen LogP contribution in [0.2, 0.25) is 5.02 Å². The number of halogens is 1. The summed E-state index contributed by atoms with van der Waals surface area (Å²) in [5, 5.41) is 6.36. The van der Waals surface area contributed by atoms with Gasteiger partial charge in [0.1, 0.15) is 5.75 Å². The second kappa shape index (κ2) is 7.67. The molecular formula is C16H17ClN2O2. The number of carbonyl (C=O) groups is 1. The van der Waals surface area contributed by atoms with Crippen LogP contribution in [0.1, 0.15) is 5.56 Å². The fraction of sp³-hybridized carbons (Fsp3) is 0.188. The molecule has 0 aliphatic rings. The molecule has 0 atom stereocenters. The molecule has 0 aromatic heterocycles. The van der Waals surface area contributed by atoms with Crippen LogP contribution in [0, 0.1) is 0 Å². The van der Waals surface area contributed by atoms with Gasteiger partial charge in [-0.2, -0.15) is 0 Å². The summed E-state index contributed by atoms with van der Waals surface area (Å²) < 4.78 is 5.26. The monoisotopic (exact) mass is 304 g/mol. The maximum atomic E-state index is 11.8. The summed E-state index contributed by atoms with van der Waals surface area (Å²) in [6.07, 6.45) is 0. The number of rotatable bonds is 6. The lowest BCUT2D eigenvalue weighted by atomic mass is 10.2. The van der Waals surface area contributed by atoms with E-state index < -0.39 is 0 Å². The molecule has 4 nitrogen and oxygen atoms in total. The molecule has 0 heterocycles. The highest BCUT2D eigenvalue weighted by atomic mass is 35.5. The molecule has 0 aliphatic carbocycles. The second-order valence-electron chi connectivity index (χ2n) is 4.44. The minimum absolute atomic E-state index is 0.141. The number of anilines is 1. The van der Waals surface area contributed by atoms with E-state index in [9.17, 15) is 4.79 Å². The Labute approximate surface area is 129 Å². The third kappa shape index (κ3) is 4.48. The van der Waals surface area contributed by atoms with Gasteiger partial charge in [0, 0.05) is 12.1 Å². The lowest BCUT2D eigenvalue weighted by molar-refractivity contribution is -0.115. The Balaban J connectivity index is 1.83. The van der Waals surface area contributed by atoms with Crippen LogP contribution in [-0.2, 0) is 11.3 Å². The highest BCUT2D eigenvalue weighted by molar-refractivity contribution is 6.33. The van der Waals surface area contributed by atoms with E-state index in [1.165, 1.54) is 0 Å². The van der Waals surface area contributed by atoms with Gasteiger partial charge in [-0.05, 0) is 18.2 Å². The molecule has 2 aromatic rings. The normalized spacial score (nSPS) is 10.2. The first-order valence-corrected chi connectivity index (χ1v) is 6.95. The Bertz CT molecular complexity index is 617. The van der Waals surface area contributed by atoms with Gasteiger partial charge >= 0.3 is 0 Å². The molecule has 0 radical (unpaired) electrons. The first-order valence-electron chi connectivity index (χ1n) is 6.57. The number of hydrogen-bond donors (Lipinski definition) is 2. The zero-order valence-corrected chi connectivity index (χ0v) is 12.5. The predicted octanol–water partition coefficient (Wildman–Crippen LogP) is 3.08. The molecule has 1 amide bonds. The fourth-order valence-corrected chi connectivity index (χ4v) is 2.10. The lowest BCUT2D eigenvalue weighted by Crippen LogP contribution is -2.27. The van der Waals surface area contributed by atoms with E-state index in [-0.39, 0.29) is 12.5 Å². The topological polar surface area (TPSA) is 50.4 Å². The van der Waals surface area contributed by atoms with Gasteiger partial charge < -0.3 is 15.4 Å². The molecule has 0 fully saturated rings. The molecular weight excluding hydrogens is 288 g/mol. The van der Waals surface area contributed by atoms with Crippen LogP contribution in [0.3, 0.4) is 0 Å². The van der Waals surface area contributed by atoms with Crippen LogP contribution in [0.5, 0.6) is 5.75 Å². The second-order valence-corrected chi connectivity index (χ2v) is 4.85. The molecule has 0 unspecified atom stereocenters. The first-order chi connectivity index (χ1) is 10.2. The SMILES string of the molecule is COc1ccccc1CNCC(=O)Nc1ccccc1Cl. The quantitative estimate of drug-likeness (QED) is 0.862. The number of benzene rings is 2. The Morgan fingerprint density at radius 1 is 1.14 bits per heavy atom. The van der Waals surface area contributed by atoms with Crippen molar-refractivity contribution in [3.63, 3.8) is 0 Å². The Hall–Kier alpha value is -2.04. The molecule has 2 N–H and O–H groups in total. The van der Waals surface area contributed by atoms with Crippen molar-refractivity contribution in [1.29, 1.82) is 0 Å². The zero-order valence-electron chi connectivity index (χ0n) is 11.7. The summed E-state index contributed by atoms with van der Waals surface area (Å²) in [5.41, 5.74) is 1.62. The van der Waals surface area contributed by atoms with Crippen LogP contribution in [0.4, 0.5) is 5.69 Å². The third-order valence-corrected chi connectivity index (χ3v) is 3.27. The van der Waals surface area contributed by atoms with Crippen molar-refractivity contribution in [2.45, 2.75) is 6.54 Å². The maximum Gasteiger partial charge on any atom is 0.238 e. The van der Waals surface area contributed by atoms with E-state index in [0.717, 1.165) is 11.3 Å². The summed E-state index contributed by atoms with van der Waals surface area (Å²) in [5.74, 6) is 0.662. The number of amides is 1. The summed E-state index contributed by atoms with van der Waals surface area (Å²) in [6.45, 7) is 0.753. The highest BCUT2D eigenvalue weighted by Gasteiger charge is 2.06. The summed E-state index contributed by atoms with van der Waals surface area (Å²) in [6, 6.07) is 14.8. The molecule has 0 aliphatic heterocycles. The van der Waals surface area contributed by atoms with E-state index in [1.54, 1.807) is 19.2 Å². The molecule has 110 valence electrons. The van der Waals surface area contributed by atoms with E-state index in [0.29, 0.717) is 17.3 Å². The Morgan fingerprint density at radius 3 is 2.62 bits per heavy atom. The number of ether oxygens (including phenoxy) is 1. The van der Waals surface area contributed by atoms with E-state index in [2.05, 4.69) is 10.6 Å². The molecule has 21 heavy (non-hydrogen) atoms. The van der Waals surface area contributed by atoms with Crippen LogP contribution in [-0.4, -0.2) is 19.6 Å². The molecule has 2 rings (SSSR count). The van der Waals surface area contributed by atoms with Gasteiger partial charge in [0.05, 0.1) is 24.4 Å². The number of carbonyl (C=O) groups excluding carboxylic acids is 1. The number of hydrogen-bond acceptors (Lipinski definition) is 3. The number of para-hydroxylation sites is 2. The van der Waals surface area contributed by atoms with Gasteiger partial charge in [-0.15, -0.1) is 0 Å². The summed E-state index contributed by atoms with van der Waals surface area (Å²) >= 11 is 5.99. The number of nitrogens with one attached hydrogen (secondary N) is 2. The highest BCUT2D eigenvalue weighted by Crippen LogP contribution is 2.20. The van der Waals surface area contributed by atoms with Crippen molar-refractivity contribution in [1.82, 2.24) is 5.32 Å². The lowest BCUT2D eigenvalue weighted by Gasteiger charge is -2.10. The Morgan fingerprint density at radius 2 is 1.86 bits per heavy atom. The third-order valence-electron chi connectivity index (χ3n) is 2.94. The van der Waals surface area contributed by atoms with Gasteiger partial charge in [0.15, 0.2) is 0 Å². The van der Waals surface area contributed by atoms with Crippen molar-refractivity contribution in [3.05, 3.63) is 59.1 Å². The van der Waals surface area contributed by atoms with Crippen molar-refractivity contribution >= 4 is 23.2 Å². The van der Waals surface area contributed by atoms with Gasteiger partial charge in [-0.3, -0.25) is 4.79 Å². The smallest absolute Gasteiger partial charge is 0.238 e. The maximum absolute atomic E-state index is 11.8. The van der Waals surface area contributed by atoms with Gasteiger partial charge in [0.25, 0.3) is 0 Å². The van der Waals surface area contributed by atoms with Crippen molar-refractivity contribution in [3.8, 4) is 5.75 Å². The molecule has 5 heteroatoms. The standard InChI is InChI=1S/C16H17ClN2O2/c1-21-15-9-5-2-6-12(15)10-18-11-16(20)19-14-8-4-3-7-13(14)17/h2-9,18H,10-11H2,1H3,(H,19,20). The molecule has 0 bridgehead atoms. The minimum Gasteiger partial charge on any atom is -0.496 e. The largest absolute Gasteiger partial charge is 0.496 e. The predicted molar refractivity (Wildman–Crippen MR) is 84.8 cm³/mol. The van der Waals surface area contributed by atoms with E-state index >= 15 is 0 Å². The summed E-state index contributed by atoms with van der Waals surface area (Å²) in [7, 11) is 1.63. The van der Waals surface area contributed by atoms with Gasteiger partial charge in [0.2, 0.25) is 5.91 Å². The molecule has 0 saturated carbocycles. The minimum atomic E-state index is -0.141. The molecule has 0 saturated heterocycles. The molecule has 2 aromatic carbocycles. The van der Waals surface area contributed by atoms with Gasteiger partial charge in [-0.25, -0.2) is 0 Å². The average Bonchev–Trinajstić information content (AvgIpc) is 2.50. The fourth-order valence-electron chi connectivity index (χ4n) is 1.92. The average molecular weight is 305 g/mol. The summed E-state index contributed by atoms with van der Waals surface area (Å²) in [4.78, 5) is 11.8. The van der Waals surface area contributed by atoms with E-state index in [1.807, 2.05) is 36.4 Å². The van der Waals surface area contributed by atoms with Crippen LogP contribution >= 0.6 is 11.6 Å². The van der Waals surface area contributed by atoms with Crippen LogP contribution in [0.25, 0.3) is 0 Å². The van der Waals surface area contributed by atoms with E-state index in [4.69, 9.17) is 16.3 Å². The number of methoxy groups -OCH3 is 1. The zero-order chi connectivity index (χ0) is 15.1.